The van der Waals surface area contributed by atoms with E-state index in [1.165, 1.54) is 27.9 Å². The number of benzene rings is 2. The third-order valence-corrected chi connectivity index (χ3v) is 3.98. The van der Waals surface area contributed by atoms with E-state index in [2.05, 4.69) is 49.5 Å². The van der Waals surface area contributed by atoms with E-state index in [-0.39, 0.29) is 0 Å². The summed E-state index contributed by atoms with van der Waals surface area (Å²) in [4.78, 5) is 0. The van der Waals surface area contributed by atoms with Gasteiger partial charge in [-0.05, 0) is 54.7 Å². The standard InChI is InChI=1S/C17H19NO/c1-11-7-8-12(2)17-15(11)10-16(18-17)13-5-4-6-14(9-13)19-3/h4-9,16,18H,10H2,1-3H3. The molecule has 0 aromatic heterocycles. The number of methoxy groups -OCH3 is 1. The van der Waals surface area contributed by atoms with Crippen LogP contribution in [-0.2, 0) is 6.42 Å². The lowest BCUT2D eigenvalue weighted by atomic mass is 9.98. The highest BCUT2D eigenvalue weighted by molar-refractivity contribution is 5.65. The summed E-state index contributed by atoms with van der Waals surface area (Å²) in [5.74, 6) is 0.920. The van der Waals surface area contributed by atoms with E-state index >= 15 is 0 Å². The number of anilines is 1. The highest BCUT2D eigenvalue weighted by Crippen LogP contribution is 2.38. The fraction of sp³-hybridized carbons (Fsp3) is 0.294. The van der Waals surface area contributed by atoms with Gasteiger partial charge in [-0.2, -0.15) is 0 Å². The smallest absolute Gasteiger partial charge is 0.119 e. The van der Waals surface area contributed by atoms with E-state index in [0.29, 0.717) is 6.04 Å². The van der Waals surface area contributed by atoms with Gasteiger partial charge in [0.25, 0.3) is 0 Å². The largest absolute Gasteiger partial charge is 0.497 e. The summed E-state index contributed by atoms with van der Waals surface area (Å²) in [6, 6.07) is 13.1. The van der Waals surface area contributed by atoms with Gasteiger partial charge in [0.1, 0.15) is 5.75 Å². The predicted octanol–water partition coefficient (Wildman–Crippen LogP) is 4.02. The number of rotatable bonds is 2. The van der Waals surface area contributed by atoms with Crippen LogP contribution in [0.1, 0.15) is 28.3 Å². The molecule has 2 aromatic carbocycles. The quantitative estimate of drug-likeness (QED) is 0.872. The van der Waals surface area contributed by atoms with E-state index in [9.17, 15) is 0 Å². The molecule has 98 valence electrons. The molecule has 1 atom stereocenters. The Morgan fingerprint density at radius 1 is 1.11 bits per heavy atom. The minimum absolute atomic E-state index is 0.352. The Labute approximate surface area is 114 Å². The Balaban J connectivity index is 1.95. The minimum atomic E-state index is 0.352. The van der Waals surface area contributed by atoms with Gasteiger partial charge in [0.2, 0.25) is 0 Å². The van der Waals surface area contributed by atoms with Crippen LogP contribution in [0.4, 0.5) is 5.69 Å². The van der Waals surface area contributed by atoms with Gasteiger partial charge in [-0.25, -0.2) is 0 Å². The van der Waals surface area contributed by atoms with Crippen molar-refractivity contribution in [2.45, 2.75) is 26.3 Å². The van der Waals surface area contributed by atoms with Crippen LogP contribution in [0.15, 0.2) is 36.4 Å². The van der Waals surface area contributed by atoms with Crippen LogP contribution >= 0.6 is 0 Å². The molecule has 0 radical (unpaired) electrons. The van der Waals surface area contributed by atoms with Crippen LogP contribution < -0.4 is 10.1 Å². The Bertz CT molecular complexity index is 588. The Hall–Kier alpha value is -1.96. The van der Waals surface area contributed by atoms with E-state index in [1.54, 1.807) is 7.11 Å². The van der Waals surface area contributed by atoms with Crippen LogP contribution in [0.25, 0.3) is 0 Å². The second kappa shape index (κ2) is 4.61. The van der Waals surface area contributed by atoms with Crippen molar-refractivity contribution >= 4 is 5.69 Å². The van der Waals surface area contributed by atoms with Crippen molar-refractivity contribution in [3.05, 3.63) is 58.7 Å². The third-order valence-electron chi connectivity index (χ3n) is 3.98. The molecule has 0 saturated heterocycles. The fourth-order valence-corrected chi connectivity index (χ4v) is 2.82. The number of fused-ring (bicyclic) bond motifs is 1. The molecule has 0 amide bonds. The molecule has 1 N–H and O–H groups in total. The number of nitrogens with one attached hydrogen (secondary N) is 1. The van der Waals surface area contributed by atoms with Gasteiger partial charge in [0.15, 0.2) is 0 Å². The van der Waals surface area contributed by atoms with Gasteiger partial charge in [-0.1, -0.05) is 24.3 Å². The van der Waals surface area contributed by atoms with Crippen molar-refractivity contribution in [2.24, 2.45) is 0 Å². The van der Waals surface area contributed by atoms with E-state index in [1.807, 2.05) is 6.07 Å². The maximum absolute atomic E-state index is 5.31. The number of hydrogen-bond acceptors (Lipinski definition) is 2. The van der Waals surface area contributed by atoms with Crippen molar-refractivity contribution in [1.82, 2.24) is 0 Å². The van der Waals surface area contributed by atoms with Gasteiger partial charge in [-0.3, -0.25) is 0 Å². The second-order valence-electron chi connectivity index (χ2n) is 5.23. The molecule has 2 aromatic rings. The molecule has 0 spiro atoms. The highest BCUT2D eigenvalue weighted by atomic mass is 16.5. The highest BCUT2D eigenvalue weighted by Gasteiger charge is 2.24. The summed E-state index contributed by atoms with van der Waals surface area (Å²) in [5.41, 5.74) is 6.75. The number of hydrogen-bond donors (Lipinski definition) is 1. The predicted molar refractivity (Wildman–Crippen MR) is 79.0 cm³/mol. The van der Waals surface area contributed by atoms with E-state index in [4.69, 9.17) is 4.74 Å². The van der Waals surface area contributed by atoms with E-state index < -0.39 is 0 Å². The number of aryl methyl sites for hydroxylation is 2. The molecule has 1 heterocycles. The van der Waals surface area contributed by atoms with Crippen molar-refractivity contribution < 1.29 is 4.74 Å². The molecule has 0 bridgehead atoms. The molecule has 3 rings (SSSR count). The van der Waals surface area contributed by atoms with Crippen LogP contribution in [0.5, 0.6) is 5.75 Å². The molecular formula is C17H19NO. The summed E-state index contributed by atoms with van der Waals surface area (Å²) >= 11 is 0. The first-order valence-electron chi connectivity index (χ1n) is 6.68. The summed E-state index contributed by atoms with van der Waals surface area (Å²) < 4.78 is 5.31. The van der Waals surface area contributed by atoms with Crippen LogP contribution in [0, 0.1) is 13.8 Å². The van der Waals surface area contributed by atoms with Crippen molar-refractivity contribution in [2.75, 3.05) is 12.4 Å². The average molecular weight is 253 g/mol. The maximum atomic E-state index is 5.31. The first-order valence-corrected chi connectivity index (χ1v) is 6.68. The lowest BCUT2D eigenvalue weighted by molar-refractivity contribution is 0.414. The third kappa shape index (κ3) is 2.07. The summed E-state index contributed by atoms with van der Waals surface area (Å²) in [5, 5.41) is 3.66. The van der Waals surface area contributed by atoms with Gasteiger partial charge in [0.05, 0.1) is 13.2 Å². The van der Waals surface area contributed by atoms with Crippen LogP contribution in [0.2, 0.25) is 0 Å². The van der Waals surface area contributed by atoms with Crippen molar-refractivity contribution in [1.29, 1.82) is 0 Å². The summed E-state index contributed by atoms with van der Waals surface area (Å²) in [7, 11) is 1.71. The molecule has 1 aliphatic heterocycles. The SMILES string of the molecule is COc1cccc(C2Cc3c(C)ccc(C)c3N2)c1. The van der Waals surface area contributed by atoms with Crippen molar-refractivity contribution in [3.63, 3.8) is 0 Å². The summed E-state index contributed by atoms with van der Waals surface area (Å²) in [6.07, 6.45) is 1.05. The van der Waals surface area contributed by atoms with Gasteiger partial charge < -0.3 is 10.1 Å². The first kappa shape index (κ1) is 12.1. The Morgan fingerprint density at radius 3 is 2.63 bits per heavy atom. The minimum Gasteiger partial charge on any atom is -0.497 e. The molecule has 1 aliphatic rings. The Kier molecular flexibility index (Phi) is 2.94. The van der Waals surface area contributed by atoms with Gasteiger partial charge >= 0.3 is 0 Å². The Morgan fingerprint density at radius 2 is 1.89 bits per heavy atom. The molecule has 2 nitrogen and oxygen atoms in total. The fourth-order valence-electron chi connectivity index (χ4n) is 2.82. The molecule has 0 saturated carbocycles. The molecule has 0 fully saturated rings. The molecule has 2 heteroatoms. The zero-order valence-electron chi connectivity index (χ0n) is 11.7. The molecular weight excluding hydrogens is 234 g/mol. The normalized spacial score (nSPS) is 16.9. The van der Waals surface area contributed by atoms with Crippen molar-refractivity contribution in [3.8, 4) is 5.75 Å². The van der Waals surface area contributed by atoms with Crippen LogP contribution in [-0.4, -0.2) is 7.11 Å². The topological polar surface area (TPSA) is 21.3 Å². The second-order valence-corrected chi connectivity index (χ2v) is 5.23. The van der Waals surface area contributed by atoms with Gasteiger partial charge in [-0.15, -0.1) is 0 Å². The zero-order chi connectivity index (χ0) is 13.4. The van der Waals surface area contributed by atoms with E-state index in [0.717, 1.165) is 12.2 Å². The van der Waals surface area contributed by atoms with Crippen LogP contribution in [0.3, 0.4) is 0 Å². The molecule has 0 aliphatic carbocycles. The number of ether oxygens (including phenoxy) is 1. The molecule has 1 unspecified atom stereocenters. The first-order chi connectivity index (χ1) is 9.19. The van der Waals surface area contributed by atoms with Gasteiger partial charge in [0, 0.05) is 5.69 Å². The molecule has 19 heavy (non-hydrogen) atoms. The maximum Gasteiger partial charge on any atom is 0.119 e. The lowest BCUT2D eigenvalue weighted by Crippen LogP contribution is -2.06. The summed E-state index contributed by atoms with van der Waals surface area (Å²) in [6.45, 7) is 4.35. The zero-order valence-corrected chi connectivity index (χ0v) is 11.7. The lowest BCUT2D eigenvalue weighted by Gasteiger charge is -2.13. The average Bonchev–Trinajstić information content (AvgIpc) is 2.89. The monoisotopic (exact) mass is 253 g/mol.